The fourth-order valence-corrected chi connectivity index (χ4v) is 2.79. The first-order chi connectivity index (χ1) is 11.3. The second-order valence-electron chi connectivity index (χ2n) is 6.03. The molecule has 0 amide bonds. The van der Waals surface area contributed by atoms with Crippen LogP contribution in [0.2, 0.25) is 0 Å². The van der Waals surface area contributed by atoms with Crippen molar-refractivity contribution in [3.8, 4) is 11.8 Å². The normalized spacial score (nSPS) is 16.4. The molecule has 1 aromatic carbocycles. The van der Waals surface area contributed by atoms with Gasteiger partial charge >= 0.3 is 6.01 Å². The number of hydrogen-bond donors (Lipinski definition) is 0. The summed E-state index contributed by atoms with van der Waals surface area (Å²) >= 11 is 0. The van der Waals surface area contributed by atoms with Gasteiger partial charge in [0.25, 0.3) is 0 Å². The first-order valence-electron chi connectivity index (χ1n) is 8.24. The number of hydrogen-bond acceptors (Lipinski definition) is 5. The first-order valence-corrected chi connectivity index (χ1v) is 8.24. The molecular weight excluding hydrogens is 288 g/mol. The zero-order valence-corrected chi connectivity index (χ0v) is 13.7. The molecule has 3 rings (SSSR count). The van der Waals surface area contributed by atoms with E-state index in [0.29, 0.717) is 6.01 Å². The van der Waals surface area contributed by atoms with E-state index in [1.54, 1.807) is 18.5 Å². The number of benzene rings is 1. The predicted molar refractivity (Wildman–Crippen MR) is 90.8 cm³/mol. The summed E-state index contributed by atoms with van der Waals surface area (Å²) < 4.78 is 5.69. The Hall–Kier alpha value is -1.98. The second kappa shape index (κ2) is 8.04. The lowest BCUT2D eigenvalue weighted by Crippen LogP contribution is -2.44. The van der Waals surface area contributed by atoms with Gasteiger partial charge in [0.2, 0.25) is 0 Å². The van der Waals surface area contributed by atoms with Gasteiger partial charge in [-0.05, 0) is 50.2 Å². The van der Waals surface area contributed by atoms with E-state index in [4.69, 9.17) is 4.74 Å². The van der Waals surface area contributed by atoms with Gasteiger partial charge < -0.3 is 14.5 Å². The summed E-state index contributed by atoms with van der Waals surface area (Å²) in [6.45, 7) is 5.90. The first kappa shape index (κ1) is 15.9. The Balaban J connectivity index is 1.48. The minimum absolute atomic E-state index is 0.391. The molecule has 0 N–H and O–H groups in total. The van der Waals surface area contributed by atoms with Crippen molar-refractivity contribution in [1.29, 1.82) is 0 Å². The molecule has 1 aromatic heterocycles. The number of nitrogens with zero attached hydrogens (tertiary/aromatic N) is 4. The van der Waals surface area contributed by atoms with Crippen LogP contribution in [-0.4, -0.2) is 59.5 Å². The maximum Gasteiger partial charge on any atom is 0.321 e. The van der Waals surface area contributed by atoms with E-state index in [2.05, 4.69) is 38.9 Å². The molecule has 122 valence electrons. The van der Waals surface area contributed by atoms with Crippen molar-refractivity contribution in [3.63, 3.8) is 0 Å². The van der Waals surface area contributed by atoms with E-state index >= 15 is 0 Å². The minimum atomic E-state index is 0.391. The Morgan fingerprint density at radius 3 is 2.61 bits per heavy atom. The van der Waals surface area contributed by atoms with Gasteiger partial charge in [-0.1, -0.05) is 12.1 Å². The highest BCUT2D eigenvalue weighted by Gasteiger charge is 2.12. The van der Waals surface area contributed by atoms with E-state index in [0.717, 1.165) is 12.2 Å². The molecule has 0 radical (unpaired) electrons. The number of aryl methyl sites for hydroxylation is 1. The molecule has 0 saturated carbocycles. The Bertz CT molecular complexity index is 597. The fourth-order valence-electron chi connectivity index (χ4n) is 2.79. The molecule has 5 heteroatoms. The van der Waals surface area contributed by atoms with Crippen molar-refractivity contribution < 1.29 is 4.74 Å². The van der Waals surface area contributed by atoms with Crippen LogP contribution in [-0.2, 0) is 6.42 Å². The van der Waals surface area contributed by atoms with Gasteiger partial charge in [-0.15, -0.1) is 0 Å². The van der Waals surface area contributed by atoms with Crippen LogP contribution in [0.1, 0.15) is 12.0 Å². The van der Waals surface area contributed by atoms with Crippen molar-refractivity contribution in [3.05, 3.63) is 48.3 Å². The Kier molecular flexibility index (Phi) is 5.56. The van der Waals surface area contributed by atoms with Gasteiger partial charge in [0, 0.05) is 38.6 Å². The third-order valence-electron chi connectivity index (χ3n) is 4.19. The van der Waals surface area contributed by atoms with Gasteiger partial charge in [-0.25, -0.2) is 9.97 Å². The molecule has 0 spiro atoms. The molecule has 1 fully saturated rings. The third-order valence-corrected chi connectivity index (χ3v) is 4.19. The van der Waals surface area contributed by atoms with Crippen LogP contribution in [0.4, 0.5) is 0 Å². The number of ether oxygens (including phenoxy) is 1. The summed E-state index contributed by atoms with van der Waals surface area (Å²) in [5.41, 5.74) is 1.30. The lowest BCUT2D eigenvalue weighted by molar-refractivity contribution is 0.153. The SMILES string of the molecule is CN1CCN(CCCc2cccc(Oc3ncccn3)c2)CC1. The quantitative estimate of drug-likeness (QED) is 0.819. The molecule has 1 aliphatic heterocycles. The molecule has 5 nitrogen and oxygen atoms in total. The van der Waals surface area contributed by atoms with Crippen LogP contribution in [0.3, 0.4) is 0 Å². The highest BCUT2D eigenvalue weighted by molar-refractivity contribution is 5.30. The minimum Gasteiger partial charge on any atom is -0.424 e. The van der Waals surface area contributed by atoms with Gasteiger partial charge in [0.1, 0.15) is 5.75 Å². The highest BCUT2D eigenvalue weighted by Crippen LogP contribution is 2.19. The Morgan fingerprint density at radius 1 is 1.04 bits per heavy atom. The molecule has 2 aromatic rings. The summed E-state index contributed by atoms with van der Waals surface area (Å²) in [5, 5.41) is 0. The molecule has 0 unspecified atom stereocenters. The number of likely N-dealkylation sites (N-methyl/N-ethyl adjacent to an activating group) is 1. The van der Waals surface area contributed by atoms with Crippen LogP contribution in [0.5, 0.6) is 11.8 Å². The highest BCUT2D eigenvalue weighted by atomic mass is 16.5. The van der Waals surface area contributed by atoms with E-state index in [1.165, 1.54) is 44.7 Å². The van der Waals surface area contributed by atoms with E-state index in [1.807, 2.05) is 12.1 Å². The van der Waals surface area contributed by atoms with Crippen LogP contribution in [0.25, 0.3) is 0 Å². The molecule has 0 aliphatic carbocycles. The number of rotatable bonds is 6. The standard InChI is InChI=1S/C18H24N4O/c1-21-11-13-22(14-12-21)10-3-6-16-5-2-7-17(15-16)23-18-19-8-4-9-20-18/h2,4-5,7-9,15H,3,6,10-14H2,1H3. The zero-order valence-electron chi connectivity index (χ0n) is 13.7. The van der Waals surface area contributed by atoms with Gasteiger partial charge in [-0.2, -0.15) is 0 Å². The summed E-state index contributed by atoms with van der Waals surface area (Å²) in [6, 6.07) is 10.4. The van der Waals surface area contributed by atoms with Crippen molar-refractivity contribution >= 4 is 0 Å². The molecule has 0 atom stereocenters. The van der Waals surface area contributed by atoms with Gasteiger partial charge in [0.05, 0.1) is 0 Å². The second-order valence-corrected chi connectivity index (χ2v) is 6.03. The zero-order chi connectivity index (χ0) is 15.9. The molecule has 1 saturated heterocycles. The van der Waals surface area contributed by atoms with E-state index in [9.17, 15) is 0 Å². The summed E-state index contributed by atoms with van der Waals surface area (Å²) in [6.07, 6.45) is 5.61. The molecule has 23 heavy (non-hydrogen) atoms. The maximum absolute atomic E-state index is 5.69. The van der Waals surface area contributed by atoms with Crippen LogP contribution in [0, 0.1) is 0 Å². The van der Waals surface area contributed by atoms with E-state index < -0.39 is 0 Å². The number of aromatic nitrogens is 2. The monoisotopic (exact) mass is 312 g/mol. The third kappa shape index (κ3) is 5.01. The van der Waals surface area contributed by atoms with Crippen molar-refractivity contribution in [1.82, 2.24) is 19.8 Å². The predicted octanol–water partition coefficient (Wildman–Crippen LogP) is 2.45. The average molecular weight is 312 g/mol. The van der Waals surface area contributed by atoms with Crippen LogP contribution < -0.4 is 4.74 Å². The Labute approximate surface area is 137 Å². The molecular formula is C18H24N4O. The van der Waals surface area contributed by atoms with Crippen molar-refractivity contribution in [2.24, 2.45) is 0 Å². The molecule has 1 aliphatic rings. The Morgan fingerprint density at radius 2 is 1.83 bits per heavy atom. The van der Waals surface area contributed by atoms with Gasteiger partial charge in [-0.3, -0.25) is 0 Å². The summed E-state index contributed by atoms with van der Waals surface area (Å²) in [5.74, 6) is 0.799. The topological polar surface area (TPSA) is 41.5 Å². The summed E-state index contributed by atoms with van der Waals surface area (Å²) in [7, 11) is 2.19. The van der Waals surface area contributed by atoms with Crippen molar-refractivity contribution in [2.75, 3.05) is 39.8 Å². The molecule has 2 heterocycles. The molecule has 0 bridgehead atoms. The van der Waals surface area contributed by atoms with Crippen LogP contribution in [0.15, 0.2) is 42.7 Å². The van der Waals surface area contributed by atoms with E-state index in [-0.39, 0.29) is 0 Å². The average Bonchev–Trinajstić information content (AvgIpc) is 2.58. The fraction of sp³-hybridized carbons (Fsp3) is 0.444. The van der Waals surface area contributed by atoms with Gasteiger partial charge in [0.15, 0.2) is 0 Å². The van der Waals surface area contributed by atoms with Crippen LogP contribution >= 0.6 is 0 Å². The summed E-state index contributed by atoms with van der Waals surface area (Å²) in [4.78, 5) is 13.1. The lowest BCUT2D eigenvalue weighted by atomic mass is 10.1. The smallest absolute Gasteiger partial charge is 0.321 e. The van der Waals surface area contributed by atoms with Crippen molar-refractivity contribution in [2.45, 2.75) is 12.8 Å². The maximum atomic E-state index is 5.69. The largest absolute Gasteiger partial charge is 0.424 e. The lowest BCUT2D eigenvalue weighted by Gasteiger charge is -2.32. The number of piperazine rings is 1.